The number of thiophene rings is 1. The maximum atomic E-state index is 12.9. The van der Waals surface area contributed by atoms with Crippen LogP contribution in [-0.2, 0) is 13.0 Å². The molecule has 7 heteroatoms. The smallest absolute Gasteiger partial charge is 0.318 e. The van der Waals surface area contributed by atoms with Crippen molar-refractivity contribution < 1.29 is 4.79 Å². The normalized spacial score (nSPS) is 20.7. The van der Waals surface area contributed by atoms with E-state index >= 15 is 0 Å². The molecule has 1 unspecified atom stereocenters. The number of piperazine rings is 1. The van der Waals surface area contributed by atoms with E-state index in [0.717, 1.165) is 70.6 Å². The molecule has 198 valence electrons. The fourth-order valence-corrected chi connectivity index (χ4v) is 6.68. The predicted octanol–water partition coefficient (Wildman–Crippen LogP) is 5.42. The average molecular weight is 520 g/mol. The van der Waals surface area contributed by atoms with Gasteiger partial charge < -0.3 is 15.1 Å². The first-order valence-electron chi connectivity index (χ1n) is 13.9. The summed E-state index contributed by atoms with van der Waals surface area (Å²) in [6, 6.07) is 7.27. The van der Waals surface area contributed by atoms with E-state index in [1.54, 1.807) is 0 Å². The fraction of sp³-hybridized carbons (Fsp3) is 0.533. The van der Waals surface area contributed by atoms with Gasteiger partial charge in [-0.3, -0.25) is 9.88 Å². The number of carbonyl (C=O) groups is 1. The monoisotopic (exact) mass is 519 g/mol. The number of pyridine rings is 1. The van der Waals surface area contributed by atoms with Crippen molar-refractivity contribution >= 4 is 22.9 Å². The Labute approximate surface area is 226 Å². The summed E-state index contributed by atoms with van der Waals surface area (Å²) in [5.41, 5.74) is 6.29. The van der Waals surface area contributed by atoms with E-state index in [1.165, 1.54) is 32.0 Å². The molecule has 2 aromatic rings. The van der Waals surface area contributed by atoms with Crippen molar-refractivity contribution in [1.29, 1.82) is 0 Å². The number of hydrogen-bond donors (Lipinski definition) is 1. The second-order valence-corrected chi connectivity index (χ2v) is 11.9. The highest BCUT2D eigenvalue weighted by molar-refractivity contribution is 7.15. The molecule has 4 heterocycles. The topological polar surface area (TPSA) is 51.7 Å². The van der Waals surface area contributed by atoms with Crippen LogP contribution >= 0.6 is 11.3 Å². The summed E-state index contributed by atoms with van der Waals surface area (Å²) < 4.78 is 0. The first-order valence-corrected chi connectivity index (χ1v) is 14.7. The molecule has 1 saturated heterocycles. The minimum atomic E-state index is 0.0614. The van der Waals surface area contributed by atoms with Gasteiger partial charge in [0.15, 0.2) is 0 Å². The molecule has 1 aliphatic carbocycles. The first-order chi connectivity index (χ1) is 17.9. The summed E-state index contributed by atoms with van der Waals surface area (Å²) in [6.07, 6.45) is 10.3. The molecule has 0 radical (unpaired) electrons. The Morgan fingerprint density at radius 3 is 2.68 bits per heavy atom. The lowest BCUT2D eigenvalue weighted by Crippen LogP contribution is -2.49. The molecule has 2 aromatic heterocycles. The molecule has 0 saturated carbocycles. The van der Waals surface area contributed by atoms with Gasteiger partial charge in [0, 0.05) is 84.9 Å². The van der Waals surface area contributed by atoms with Crippen molar-refractivity contribution in [2.24, 2.45) is 0 Å². The van der Waals surface area contributed by atoms with Gasteiger partial charge in [0.05, 0.1) is 5.69 Å². The molecule has 2 aliphatic heterocycles. The van der Waals surface area contributed by atoms with Crippen molar-refractivity contribution in [2.75, 3.05) is 39.8 Å². The molecule has 0 spiro atoms. The Morgan fingerprint density at radius 1 is 1.16 bits per heavy atom. The number of rotatable bonds is 7. The zero-order valence-electron chi connectivity index (χ0n) is 22.8. The molecular weight excluding hydrogens is 478 g/mol. The number of urea groups is 1. The van der Waals surface area contributed by atoms with Crippen molar-refractivity contribution in [1.82, 2.24) is 25.0 Å². The highest BCUT2D eigenvalue weighted by Crippen LogP contribution is 2.38. The van der Waals surface area contributed by atoms with Gasteiger partial charge in [0.25, 0.3) is 0 Å². The van der Waals surface area contributed by atoms with E-state index in [2.05, 4.69) is 73.3 Å². The molecule has 2 amide bonds. The molecular formula is C30H41N5OS. The van der Waals surface area contributed by atoms with Gasteiger partial charge in [-0.05, 0) is 62.6 Å². The Balaban J connectivity index is 1.28. The minimum Gasteiger partial charge on any atom is -0.335 e. The maximum absolute atomic E-state index is 12.9. The average Bonchev–Trinajstić information content (AvgIpc) is 3.55. The summed E-state index contributed by atoms with van der Waals surface area (Å²) in [7, 11) is 2.20. The van der Waals surface area contributed by atoms with Gasteiger partial charge >= 0.3 is 6.03 Å². The Morgan fingerprint density at radius 2 is 1.95 bits per heavy atom. The van der Waals surface area contributed by atoms with Gasteiger partial charge in [-0.2, -0.15) is 0 Å². The molecule has 1 N–H and O–H groups in total. The van der Waals surface area contributed by atoms with Crippen LogP contribution in [0.15, 0.2) is 42.1 Å². The Kier molecular flexibility index (Phi) is 8.12. The lowest BCUT2D eigenvalue weighted by atomic mass is 9.93. The summed E-state index contributed by atoms with van der Waals surface area (Å²) in [6.45, 7) is 12.8. The van der Waals surface area contributed by atoms with E-state index in [4.69, 9.17) is 4.98 Å². The lowest BCUT2D eigenvalue weighted by Gasteiger charge is -2.34. The summed E-state index contributed by atoms with van der Waals surface area (Å²) in [5.74, 6) is 0. The number of nitrogens with zero attached hydrogens (tertiary/aromatic N) is 4. The maximum Gasteiger partial charge on any atom is 0.318 e. The molecule has 1 fully saturated rings. The van der Waals surface area contributed by atoms with E-state index in [9.17, 15) is 4.79 Å². The SMILES string of the molecule is CCC(CC)NC(=O)N1CCC(C2=CCc3ncc(-c4ccc(CN5CCN(C)CC5)s4)cc32)=CC1C. The van der Waals surface area contributed by atoms with E-state index in [1.807, 2.05) is 22.4 Å². The van der Waals surface area contributed by atoms with Crippen LogP contribution in [0.5, 0.6) is 0 Å². The van der Waals surface area contributed by atoms with E-state index in [-0.39, 0.29) is 18.1 Å². The van der Waals surface area contributed by atoms with Gasteiger partial charge in [-0.25, -0.2) is 4.79 Å². The number of allylic oxidation sites excluding steroid dienone is 2. The van der Waals surface area contributed by atoms with Crippen LogP contribution in [0.4, 0.5) is 4.79 Å². The number of fused-ring (bicyclic) bond motifs is 1. The van der Waals surface area contributed by atoms with E-state index in [0.29, 0.717) is 0 Å². The van der Waals surface area contributed by atoms with Crippen LogP contribution < -0.4 is 5.32 Å². The largest absolute Gasteiger partial charge is 0.335 e. The third-order valence-corrected chi connectivity index (χ3v) is 9.28. The molecule has 0 aromatic carbocycles. The predicted molar refractivity (Wildman–Crippen MR) is 154 cm³/mol. The molecule has 37 heavy (non-hydrogen) atoms. The van der Waals surface area contributed by atoms with Crippen molar-refractivity contribution in [3.63, 3.8) is 0 Å². The zero-order valence-corrected chi connectivity index (χ0v) is 23.6. The third kappa shape index (κ3) is 5.84. The van der Waals surface area contributed by atoms with Crippen LogP contribution in [0.2, 0.25) is 0 Å². The summed E-state index contributed by atoms with van der Waals surface area (Å²) in [5, 5.41) is 3.20. The Hall–Kier alpha value is -2.48. The van der Waals surface area contributed by atoms with Crippen molar-refractivity contribution in [2.45, 2.75) is 65.1 Å². The second-order valence-electron chi connectivity index (χ2n) is 10.7. The molecule has 5 rings (SSSR count). The fourth-order valence-electron chi connectivity index (χ4n) is 5.65. The summed E-state index contributed by atoms with van der Waals surface area (Å²) >= 11 is 1.89. The Bertz CT molecular complexity index is 1170. The quantitative estimate of drug-likeness (QED) is 0.531. The standard InChI is InChI=1S/C30H41N5OS/c1-5-24(6-2)32-30(36)35-12-11-22(17-21(35)3)26-8-9-28-27(26)18-23(19-31-28)29-10-7-25(37-29)20-34-15-13-33(4)14-16-34/h7-8,10,17-19,21,24H,5-6,9,11-16,20H2,1-4H3,(H,32,36). The number of nitrogens with one attached hydrogen (secondary N) is 1. The van der Waals surface area contributed by atoms with Crippen LogP contribution in [0, 0.1) is 0 Å². The first kappa shape index (κ1) is 26.1. The van der Waals surface area contributed by atoms with Crippen molar-refractivity contribution in [3.05, 3.63) is 58.3 Å². The highest BCUT2D eigenvalue weighted by atomic mass is 32.1. The zero-order chi connectivity index (χ0) is 25.9. The number of aromatic nitrogens is 1. The third-order valence-electron chi connectivity index (χ3n) is 8.16. The number of amides is 2. The number of carbonyl (C=O) groups excluding carboxylic acids is 1. The van der Waals surface area contributed by atoms with Crippen molar-refractivity contribution in [3.8, 4) is 10.4 Å². The lowest BCUT2D eigenvalue weighted by molar-refractivity contribution is 0.149. The van der Waals surface area contributed by atoms with E-state index < -0.39 is 0 Å². The highest BCUT2D eigenvalue weighted by Gasteiger charge is 2.28. The van der Waals surface area contributed by atoms with Crippen LogP contribution in [-0.4, -0.2) is 77.6 Å². The molecule has 6 nitrogen and oxygen atoms in total. The molecule has 1 atom stereocenters. The minimum absolute atomic E-state index is 0.0614. The number of likely N-dealkylation sites (N-methyl/N-ethyl adjacent to an activating group) is 1. The molecule has 3 aliphatic rings. The van der Waals surface area contributed by atoms with Crippen LogP contribution in [0.3, 0.4) is 0 Å². The van der Waals surface area contributed by atoms with Crippen LogP contribution in [0.1, 0.15) is 56.2 Å². The van der Waals surface area contributed by atoms with Gasteiger partial charge in [-0.1, -0.05) is 26.0 Å². The van der Waals surface area contributed by atoms with Gasteiger partial charge in [-0.15, -0.1) is 11.3 Å². The number of hydrogen-bond acceptors (Lipinski definition) is 5. The van der Waals surface area contributed by atoms with Gasteiger partial charge in [0.1, 0.15) is 0 Å². The van der Waals surface area contributed by atoms with Crippen LogP contribution in [0.25, 0.3) is 16.0 Å². The molecule has 0 bridgehead atoms. The van der Waals surface area contributed by atoms with Gasteiger partial charge in [0.2, 0.25) is 0 Å². The summed E-state index contributed by atoms with van der Waals surface area (Å²) in [4.78, 5) is 27.4. The second kappa shape index (κ2) is 11.5.